The first-order chi connectivity index (χ1) is 9.83. The third-order valence-corrected chi connectivity index (χ3v) is 4.26. The van der Waals surface area contributed by atoms with E-state index in [0.717, 1.165) is 11.1 Å². The summed E-state index contributed by atoms with van der Waals surface area (Å²) in [5, 5.41) is 2.39. The van der Waals surface area contributed by atoms with Crippen LogP contribution in [0.15, 0.2) is 39.8 Å². The SMILES string of the molecule is CNS(=O)(=O)c1ccc(C(=O)Nc2ccc(C)cc2C)o1. The highest BCUT2D eigenvalue weighted by molar-refractivity contribution is 7.89. The van der Waals surface area contributed by atoms with Crippen molar-refractivity contribution in [3.05, 3.63) is 47.2 Å². The Bertz CT molecular complexity index is 778. The average molecular weight is 308 g/mol. The number of hydrogen-bond acceptors (Lipinski definition) is 4. The predicted octanol–water partition coefficient (Wildman–Crippen LogP) is 2.06. The van der Waals surface area contributed by atoms with Gasteiger partial charge in [-0.3, -0.25) is 4.79 Å². The lowest BCUT2D eigenvalue weighted by Gasteiger charge is -2.07. The summed E-state index contributed by atoms with van der Waals surface area (Å²) < 4.78 is 30.3. The van der Waals surface area contributed by atoms with E-state index in [2.05, 4.69) is 10.0 Å². The summed E-state index contributed by atoms with van der Waals surface area (Å²) in [6.45, 7) is 3.83. The van der Waals surface area contributed by atoms with E-state index >= 15 is 0 Å². The lowest BCUT2D eigenvalue weighted by Crippen LogP contribution is -2.18. The molecule has 0 saturated carbocycles. The first kappa shape index (κ1) is 15.3. The zero-order valence-corrected chi connectivity index (χ0v) is 12.7. The van der Waals surface area contributed by atoms with Gasteiger partial charge in [-0.1, -0.05) is 17.7 Å². The van der Waals surface area contributed by atoms with Crippen molar-refractivity contribution in [2.24, 2.45) is 0 Å². The fraction of sp³-hybridized carbons (Fsp3) is 0.214. The van der Waals surface area contributed by atoms with Crippen molar-refractivity contribution in [3.63, 3.8) is 0 Å². The first-order valence-corrected chi connectivity index (χ1v) is 7.74. The first-order valence-electron chi connectivity index (χ1n) is 6.25. The fourth-order valence-electron chi connectivity index (χ4n) is 1.82. The molecule has 0 spiro atoms. The van der Waals surface area contributed by atoms with Crippen LogP contribution in [0, 0.1) is 13.8 Å². The number of anilines is 1. The topological polar surface area (TPSA) is 88.4 Å². The molecule has 0 aliphatic carbocycles. The molecular weight excluding hydrogens is 292 g/mol. The monoisotopic (exact) mass is 308 g/mol. The van der Waals surface area contributed by atoms with Gasteiger partial charge in [-0.05, 0) is 44.7 Å². The van der Waals surface area contributed by atoms with E-state index in [1.165, 1.54) is 19.2 Å². The number of sulfonamides is 1. The highest BCUT2D eigenvalue weighted by Gasteiger charge is 2.19. The van der Waals surface area contributed by atoms with Crippen LogP contribution in [0.3, 0.4) is 0 Å². The van der Waals surface area contributed by atoms with Gasteiger partial charge in [0.15, 0.2) is 5.76 Å². The molecule has 7 heteroatoms. The molecule has 1 heterocycles. The molecular formula is C14H16N2O4S. The molecule has 21 heavy (non-hydrogen) atoms. The number of nitrogens with one attached hydrogen (secondary N) is 2. The molecule has 2 aromatic rings. The van der Waals surface area contributed by atoms with Crippen LogP contribution in [0.4, 0.5) is 5.69 Å². The number of hydrogen-bond donors (Lipinski definition) is 2. The summed E-state index contributed by atoms with van der Waals surface area (Å²) in [5.41, 5.74) is 2.66. The molecule has 0 aliphatic rings. The number of aryl methyl sites for hydroxylation is 2. The molecule has 2 rings (SSSR count). The Hall–Kier alpha value is -2.12. The fourth-order valence-corrected chi connectivity index (χ4v) is 2.47. The Labute approximate surface area is 123 Å². The molecule has 1 aromatic carbocycles. The number of amides is 1. The Balaban J connectivity index is 2.22. The Morgan fingerprint density at radius 2 is 1.86 bits per heavy atom. The van der Waals surface area contributed by atoms with Gasteiger partial charge < -0.3 is 9.73 Å². The summed E-state index contributed by atoms with van der Waals surface area (Å²) in [5.74, 6) is -0.566. The van der Waals surface area contributed by atoms with Crippen molar-refractivity contribution in [2.45, 2.75) is 18.9 Å². The number of furan rings is 1. The van der Waals surface area contributed by atoms with Gasteiger partial charge in [-0.2, -0.15) is 0 Å². The normalized spacial score (nSPS) is 11.4. The zero-order valence-electron chi connectivity index (χ0n) is 11.9. The van der Waals surface area contributed by atoms with Crippen molar-refractivity contribution in [2.75, 3.05) is 12.4 Å². The average Bonchev–Trinajstić information content (AvgIpc) is 2.92. The second-order valence-corrected chi connectivity index (χ2v) is 6.42. The van der Waals surface area contributed by atoms with Crippen LogP contribution < -0.4 is 10.0 Å². The lowest BCUT2D eigenvalue weighted by atomic mass is 10.1. The Morgan fingerprint density at radius 3 is 2.48 bits per heavy atom. The van der Waals surface area contributed by atoms with Gasteiger partial charge in [0.05, 0.1) is 0 Å². The maximum Gasteiger partial charge on any atom is 0.291 e. The second kappa shape index (κ2) is 5.71. The number of benzene rings is 1. The molecule has 0 fully saturated rings. The molecule has 2 N–H and O–H groups in total. The smallest absolute Gasteiger partial charge is 0.291 e. The molecule has 0 atom stereocenters. The molecule has 6 nitrogen and oxygen atoms in total. The van der Waals surface area contributed by atoms with Crippen LogP contribution in [-0.4, -0.2) is 21.4 Å². The van der Waals surface area contributed by atoms with E-state index in [1.54, 1.807) is 6.07 Å². The zero-order chi connectivity index (χ0) is 15.6. The third-order valence-electron chi connectivity index (χ3n) is 2.97. The molecule has 0 radical (unpaired) electrons. The maximum absolute atomic E-state index is 12.1. The van der Waals surface area contributed by atoms with E-state index in [4.69, 9.17) is 4.42 Å². The molecule has 0 aliphatic heterocycles. The Kier molecular flexibility index (Phi) is 4.15. The molecule has 112 valence electrons. The van der Waals surface area contributed by atoms with Crippen molar-refractivity contribution < 1.29 is 17.6 Å². The summed E-state index contributed by atoms with van der Waals surface area (Å²) in [4.78, 5) is 12.1. The van der Waals surface area contributed by atoms with E-state index < -0.39 is 15.9 Å². The van der Waals surface area contributed by atoms with Crippen molar-refractivity contribution in [1.29, 1.82) is 0 Å². The van der Waals surface area contributed by atoms with Crippen molar-refractivity contribution in [3.8, 4) is 0 Å². The van der Waals surface area contributed by atoms with Gasteiger partial charge in [0.1, 0.15) is 0 Å². The summed E-state index contributed by atoms with van der Waals surface area (Å²) in [7, 11) is -2.42. The second-order valence-electron chi connectivity index (χ2n) is 4.60. The number of rotatable bonds is 4. The van der Waals surface area contributed by atoms with Gasteiger partial charge in [0.25, 0.3) is 15.9 Å². The summed E-state index contributed by atoms with van der Waals surface area (Å²) in [6.07, 6.45) is 0. The van der Waals surface area contributed by atoms with E-state index in [9.17, 15) is 13.2 Å². The minimum absolute atomic E-state index is 0.0659. The van der Waals surface area contributed by atoms with Gasteiger partial charge >= 0.3 is 0 Å². The van der Waals surface area contributed by atoms with E-state index in [1.807, 2.05) is 26.0 Å². The van der Waals surface area contributed by atoms with Gasteiger partial charge in [0.2, 0.25) is 5.09 Å². The van der Waals surface area contributed by atoms with Gasteiger partial charge in [-0.25, -0.2) is 13.1 Å². The van der Waals surface area contributed by atoms with Gasteiger partial charge in [-0.15, -0.1) is 0 Å². The van der Waals surface area contributed by atoms with Crippen LogP contribution >= 0.6 is 0 Å². The van der Waals surface area contributed by atoms with Crippen LogP contribution in [0.2, 0.25) is 0 Å². The number of carbonyl (C=O) groups is 1. The third kappa shape index (κ3) is 3.32. The highest BCUT2D eigenvalue weighted by Crippen LogP contribution is 2.19. The largest absolute Gasteiger partial charge is 0.438 e. The molecule has 0 bridgehead atoms. The highest BCUT2D eigenvalue weighted by atomic mass is 32.2. The van der Waals surface area contributed by atoms with Gasteiger partial charge in [0, 0.05) is 5.69 Å². The standard InChI is InChI=1S/C14H16N2O4S/c1-9-4-5-11(10(2)8-9)16-14(17)12-6-7-13(20-12)21(18,19)15-3/h4-8,15H,1-3H3,(H,16,17). The lowest BCUT2D eigenvalue weighted by molar-refractivity contribution is 0.0991. The molecule has 0 unspecified atom stereocenters. The summed E-state index contributed by atoms with van der Waals surface area (Å²) in [6, 6.07) is 8.17. The van der Waals surface area contributed by atoms with Crippen molar-refractivity contribution in [1.82, 2.24) is 4.72 Å². The molecule has 1 aromatic heterocycles. The van der Waals surface area contributed by atoms with E-state index in [-0.39, 0.29) is 10.9 Å². The van der Waals surface area contributed by atoms with Crippen LogP contribution in [-0.2, 0) is 10.0 Å². The van der Waals surface area contributed by atoms with E-state index in [0.29, 0.717) is 5.69 Å². The minimum atomic E-state index is -3.69. The number of carbonyl (C=O) groups excluding carboxylic acids is 1. The minimum Gasteiger partial charge on any atom is -0.438 e. The van der Waals surface area contributed by atoms with Crippen LogP contribution in [0.5, 0.6) is 0 Å². The van der Waals surface area contributed by atoms with Crippen LogP contribution in [0.25, 0.3) is 0 Å². The predicted molar refractivity (Wildman–Crippen MR) is 78.8 cm³/mol. The molecule has 1 amide bonds. The maximum atomic E-state index is 12.1. The van der Waals surface area contributed by atoms with Crippen LogP contribution in [0.1, 0.15) is 21.7 Å². The summed E-state index contributed by atoms with van der Waals surface area (Å²) >= 11 is 0. The molecule has 0 saturated heterocycles. The quantitative estimate of drug-likeness (QED) is 0.905. The Morgan fingerprint density at radius 1 is 1.14 bits per heavy atom. The van der Waals surface area contributed by atoms with Crippen molar-refractivity contribution >= 4 is 21.6 Å².